The summed E-state index contributed by atoms with van der Waals surface area (Å²) in [5, 5.41) is 17.9. The maximum atomic E-state index is 12.0. The van der Waals surface area contributed by atoms with E-state index >= 15 is 0 Å². The number of carbonyl (C=O) groups excluding carboxylic acids is 1. The molecule has 0 aliphatic rings. The Hall–Kier alpha value is -2.49. The summed E-state index contributed by atoms with van der Waals surface area (Å²) in [5.74, 6) is 0.243. The second-order valence-electron chi connectivity index (χ2n) is 4.92. The second-order valence-corrected chi connectivity index (χ2v) is 4.92. The lowest BCUT2D eigenvalue weighted by atomic mass is 10.1. The first-order valence-electron chi connectivity index (χ1n) is 7.84. The van der Waals surface area contributed by atoms with Gasteiger partial charge in [0.25, 0.3) is 5.91 Å². The molecule has 1 heterocycles. The molecule has 0 fully saturated rings. The number of rotatable bonds is 11. The molecule has 0 aliphatic carbocycles. The second kappa shape index (κ2) is 11.1. The molecule has 0 bridgehead atoms. The van der Waals surface area contributed by atoms with Crippen molar-refractivity contribution in [3.05, 3.63) is 36.2 Å². The van der Waals surface area contributed by atoms with E-state index in [0.29, 0.717) is 51.0 Å². The molecule has 1 aromatic heterocycles. The van der Waals surface area contributed by atoms with Crippen LogP contribution in [0.3, 0.4) is 0 Å². The maximum absolute atomic E-state index is 12.0. The average Bonchev–Trinajstić information content (AvgIpc) is 2.67. The maximum Gasteiger partial charge on any atom is 0.251 e. The number of hydrogen-bond donors (Lipinski definition) is 1. The number of methoxy groups -OCH3 is 1. The van der Waals surface area contributed by atoms with Gasteiger partial charge in [0.05, 0.1) is 33.0 Å². The van der Waals surface area contributed by atoms with Crippen LogP contribution < -0.4 is 5.32 Å². The van der Waals surface area contributed by atoms with Crippen molar-refractivity contribution in [2.45, 2.75) is 0 Å². The summed E-state index contributed by atoms with van der Waals surface area (Å²) in [5.41, 5.74) is 1.29. The van der Waals surface area contributed by atoms with Crippen LogP contribution in [0.2, 0.25) is 0 Å². The highest BCUT2D eigenvalue weighted by Crippen LogP contribution is 2.13. The van der Waals surface area contributed by atoms with Gasteiger partial charge in [-0.3, -0.25) is 4.79 Å². The van der Waals surface area contributed by atoms with Gasteiger partial charge in [0.2, 0.25) is 5.82 Å². The molecule has 0 spiro atoms. The van der Waals surface area contributed by atoms with Crippen molar-refractivity contribution in [1.82, 2.24) is 25.7 Å². The molecule has 0 atom stereocenters. The van der Waals surface area contributed by atoms with Gasteiger partial charge < -0.3 is 19.5 Å². The van der Waals surface area contributed by atoms with Gasteiger partial charge in [-0.15, -0.1) is 20.4 Å². The van der Waals surface area contributed by atoms with Crippen molar-refractivity contribution in [3.63, 3.8) is 0 Å². The number of nitrogens with zero attached hydrogens (tertiary/aromatic N) is 4. The Morgan fingerprint density at radius 2 is 1.60 bits per heavy atom. The van der Waals surface area contributed by atoms with Crippen molar-refractivity contribution in [2.24, 2.45) is 0 Å². The first kappa shape index (κ1) is 18.8. The number of benzene rings is 1. The normalized spacial score (nSPS) is 10.6. The van der Waals surface area contributed by atoms with Gasteiger partial charge in [-0.25, -0.2) is 0 Å². The van der Waals surface area contributed by atoms with Crippen LogP contribution in [0.15, 0.2) is 30.6 Å². The van der Waals surface area contributed by atoms with Crippen LogP contribution in [0, 0.1) is 0 Å². The highest BCUT2D eigenvalue weighted by Gasteiger charge is 2.07. The summed E-state index contributed by atoms with van der Waals surface area (Å²) in [6.07, 6.45) is 1.26. The number of ether oxygens (including phenoxy) is 3. The molecule has 1 amide bonds. The molecule has 2 aromatic rings. The Bertz CT molecular complexity index is 624. The molecule has 1 N–H and O–H groups in total. The minimum absolute atomic E-state index is 0.170. The number of carbonyl (C=O) groups is 1. The zero-order valence-corrected chi connectivity index (χ0v) is 14.1. The molecule has 134 valence electrons. The van der Waals surface area contributed by atoms with E-state index in [2.05, 4.69) is 25.7 Å². The van der Waals surface area contributed by atoms with Gasteiger partial charge in [-0.05, 0) is 12.1 Å². The van der Waals surface area contributed by atoms with E-state index in [9.17, 15) is 4.79 Å². The predicted octanol–water partition coefficient (Wildman–Crippen LogP) is 0.343. The SMILES string of the molecule is COCCOCCOCCNC(=O)c1ccc(-c2nncnn2)cc1. The van der Waals surface area contributed by atoms with Crippen LogP contribution in [-0.2, 0) is 14.2 Å². The average molecular weight is 347 g/mol. The summed E-state index contributed by atoms with van der Waals surface area (Å²) in [4.78, 5) is 12.0. The standard InChI is InChI=1S/C16H21N5O4/c1-23-8-9-25-11-10-24-7-6-17-16(22)14-4-2-13(3-5-14)15-20-18-12-19-21-15/h2-5,12H,6-11H2,1H3,(H,17,22). The van der Waals surface area contributed by atoms with Crippen molar-refractivity contribution in [3.8, 4) is 11.4 Å². The Morgan fingerprint density at radius 3 is 2.28 bits per heavy atom. The predicted molar refractivity (Wildman–Crippen MR) is 88.9 cm³/mol. The monoisotopic (exact) mass is 347 g/mol. The van der Waals surface area contributed by atoms with E-state index in [1.54, 1.807) is 31.4 Å². The molecule has 9 heteroatoms. The van der Waals surface area contributed by atoms with Crippen molar-refractivity contribution < 1.29 is 19.0 Å². The molecule has 9 nitrogen and oxygen atoms in total. The van der Waals surface area contributed by atoms with E-state index in [4.69, 9.17) is 14.2 Å². The Labute approximate surface area is 145 Å². The molecule has 0 radical (unpaired) electrons. The Morgan fingerprint density at radius 1 is 0.960 bits per heavy atom. The van der Waals surface area contributed by atoms with Gasteiger partial charge in [0.1, 0.15) is 0 Å². The fourth-order valence-corrected chi connectivity index (χ4v) is 1.89. The zero-order valence-electron chi connectivity index (χ0n) is 14.1. The Balaban J connectivity index is 1.64. The number of hydrogen-bond acceptors (Lipinski definition) is 8. The highest BCUT2D eigenvalue weighted by atomic mass is 16.5. The van der Waals surface area contributed by atoms with E-state index < -0.39 is 0 Å². The summed E-state index contributed by atoms with van der Waals surface area (Å²) in [7, 11) is 1.62. The molecule has 25 heavy (non-hydrogen) atoms. The molecular weight excluding hydrogens is 326 g/mol. The first-order chi connectivity index (χ1) is 12.3. The van der Waals surface area contributed by atoms with E-state index in [0.717, 1.165) is 5.56 Å². The smallest absolute Gasteiger partial charge is 0.251 e. The molecule has 0 aliphatic heterocycles. The number of nitrogens with one attached hydrogen (secondary N) is 1. The van der Waals surface area contributed by atoms with Gasteiger partial charge in [-0.2, -0.15) is 0 Å². The molecular formula is C16H21N5O4. The lowest BCUT2D eigenvalue weighted by Crippen LogP contribution is -2.27. The van der Waals surface area contributed by atoms with Crippen LogP contribution in [0.1, 0.15) is 10.4 Å². The minimum Gasteiger partial charge on any atom is -0.382 e. The number of aromatic nitrogens is 4. The van der Waals surface area contributed by atoms with Crippen molar-refractivity contribution >= 4 is 5.91 Å². The van der Waals surface area contributed by atoms with Gasteiger partial charge in [0, 0.05) is 24.8 Å². The summed E-state index contributed by atoms with van der Waals surface area (Å²) in [6, 6.07) is 6.90. The lowest BCUT2D eigenvalue weighted by molar-refractivity contribution is 0.0255. The van der Waals surface area contributed by atoms with Crippen LogP contribution in [0.4, 0.5) is 0 Å². The van der Waals surface area contributed by atoms with Crippen molar-refractivity contribution in [1.29, 1.82) is 0 Å². The van der Waals surface area contributed by atoms with Crippen LogP contribution in [0.25, 0.3) is 11.4 Å². The summed E-state index contributed by atoms with van der Waals surface area (Å²) in [6.45, 7) is 2.95. The van der Waals surface area contributed by atoms with Gasteiger partial charge in [0.15, 0.2) is 6.33 Å². The quantitative estimate of drug-likeness (QED) is 0.580. The van der Waals surface area contributed by atoms with E-state index in [-0.39, 0.29) is 5.91 Å². The van der Waals surface area contributed by atoms with E-state index in [1.165, 1.54) is 6.33 Å². The third-order valence-electron chi connectivity index (χ3n) is 3.15. The topological polar surface area (TPSA) is 108 Å². The minimum atomic E-state index is -0.170. The third-order valence-corrected chi connectivity index (χ3v) is 3.15. The lowest BCUT2D eigenvalue weighted by Gasteiger charge is -2.07. The number of amides is 1. The molecule has 1 aromatic carbocycles. The molecule has 0 saturated carbocycles. The highest BCUT2D eigenvalue weighted by molar-refractivity contribution is 5.94. The molecule has 0 saturated heterocycles. The van der Waals surface area contributed by atoms with Crippen molar-refractivity contribution in [2.75, 3.05) is 46.7 Å². The third kappa shape index (κ3) is 6.87. The van der Waals surface area contributed by atoms with E-state index in [1.807, 2.05) is 0 Å². The summed E-state index contributed by atoms with van der Waals surface area (Å²) >= 11 is 0. The van der Waals surface area contributed by atoms with Crippen LogP contribution >= 0.6 is 0 Å². The first-order valence-corrected chi connectivity index (χ1v) is 7.84. The Kier molecular flexibility index (Phi) is 8.39. The molecule has 2 rings (SSSR count). The fraction of sp³-hybridized carbons (Fsp3) is 0.438. The largest absolute Gasteiger partial charge is 0.382 e. The fourth-order valence-electron chi connectivity index (χ4n) is 1.89. The van der Waals surface area contributed by atoms with Crippen LogP contribution in [-0.4, -0.2) is 73.0 Å². The zero-order chi connectivity index (χ0) is 17.7. The van der Waals surface area contributed by atoms with Gasteiger partial charge in [-0.1, -0.05) is 12.1 Å². The van der Waals surface area contributed by atoms with Gasteiger partial charge >= 0.3 is 0 Å². The van der Waals surface area contributed by atoms with Crippen LogP contribution in [0.5, 0.6) is 0 Å². The molecule has 0 unspecified atom stereocenters. The summed E-state index contributed by atoms with van der Waals surface area (Å²) < 4.78 is 15.5.